The van der Waals surface area contributed by atoms with Crippen LogP contribution in [0.2, 0.25) is 0 Å². The Balaban J connectivity index is 1.12. The number of likely N-dealkylation sites (N-methyl/N-ethyl adjacent to an activating group) is 1. The summed E-state index contributed by atoms with van der Waals surface area (Å²) in [5, 5.41) is 5.56. The van der Waals surface area contributed by atoms with Crippen molar-refractivity contribution in [3.63, 3.8) is 0 Å². The van der Waals surface area contributed by atoms with E-state index in [0.717, 1.165) is 50.1 Å². The number of nitrogens with zero attached hydrogens (tertiary/aromatic N) is 6. The van der Waals surface area contributed by atoms with E-state index in [-0.39, 0.29) is 43.2 Å². The van der Waals surface area contributed by atoms with Gasteiger partial charge in [-0.2, -0.15) is 0 Å². The number of ether oxygens (including phenoxy) is 2. The van der Waals surface area contributed by atoms with E-state index >= 15 is 0 Å². The van der Waals surface area contributed by atoms with E-state index in [1.165, 1.54) is 9.91 Å². The number of benzene rings is 2. The molecule has 4 amide bonds. The smallest absolute Gasteiger partial charge is 0.324 e. The Morgan fingerprint density at radius 2 is 1.77 bits per heavy atom. The Labute approximate surface area is 406 Å². The highest BCUT2D eigenvalue weighted by molar-refractivity contribution is 5.98. The number of carbonyl (C=O) groups excluding carboxylic acids is 5. The van der Waals surface area contributed by atoms with Gasteiger partial charge in [-0.3, -0.25) is 38.9 Å². The van der Waals surface area contributed by atoms with Gasteiger partial charge in [-0.05, 0) is 106 Å². The molecule has 0 radical (unpaired) electrons. The summed E-state index contributed by atoms with van der Waals surface area (Å²) in [6.45, 7) is 12.8. The molecule has 1 unspecified atom stereocenters. The van der Waals surface area contributed by atoms with Crippen LogP contribution >= 0.6 is 0 Å². The SMILES string of the molecule is CO[C@@H]1c2ncccc2-c2c3c4cc(ccc4n2C)-c2cccc(c2)C[C@H](NC(=O)[C@H](C(C)C)N(C)C(=O)[C@H]2CCN(C(=O)C#CC(C)(C)N(C)C)C2)C(=O)N2CCC[C@H](N2)C(=O)OCC(C)(C)C31. The van der Waals surface area contributed by atoms with Crippen molar-refractivity contribution in [2.24, 2.45) is 24.3 Å². The number of hydrogen-bond acceptors (Lipinski definition) is 10. The van der Waals surface area contributed by atoms with Gasteiger partial charge in [0.15, 0.2) is 0 Å². The summed E-state index contributed by atoms with van der Waals surface area (Å²) in [5.41, 5.74) is 9.76. The van der Waals surface area contributed by atoms with Crippen molar-refractivity contribution in [2.45, 2.75) is 103 Å². The molecule has 5 heterocycles. The molecule has 2 aromatic carbocycles. The topological polar surface area (TPSA) is 159 Å². The third-order valence-electron chi connectivity index (χ3n) is 15.0. The zero-order valence-corrected chi connectivity index (χ0v) is 42.0. The van der Waals surface area contributed by atoms with Gasteiger partial charge in [-0.25, -0.2) is 5.43 Å². The molecule has 4 aliphatic rings. The molecule has 3 aliphatic heterocycles. The summed E-state index contributed by atoms with van der Waals surface area (Å²) in [7, 11) is 9.20. The Bertz CT molecular complexity index is 2730. The number of hydrogen-bond donors (Lipinski definition) is 2. The van der Waals surface area contributed by atoms with Crippen molar-refractivity contribution < 1.29 is 33.4 Å². The van der Waals surface area contributed by atoms with Crippen molar-refractivity contribution >= 4 is 40.5 Å². The Morgan fingerprint density at radius 3 is 2.49 bits per heavy atom. The van der Waals surface area contributed by atoms with Gasteiger partial charge in [0, 0.05) is 81.3 Å². The molecule has 2 saturated heterocycles. The lowest BCUT2D eigenvalue weighted by Gasteiger charge is -2.42. The number of nitrogens with one attached hydrogen (secondary N) is 2. The summed E-state index contributed by atoms with van der Waals surface area (Å²) in [6.07, 6.45) is 2.92. The molecular weight excluding hydrogens is 873 g/mol. The largest absolute Gasteiger partial charge is 0.464 e. The summed E-state index contributed by atoms with van der Waals surface area (Å²) in [5.74, 6) is 2.75. The van der Waals surface area contributed by atoms with E-state index in [9.17, 15) is 24.0 Å². The Kier molecular flexibility index (Phi) is 13.9. The number of hydrazine groups is 1. The second kappa shape index (κ2) is 19.4. The maximum Gasteiger partial charge on any atom is 0.324 e. The second-order valence-electron chi connectivity index (χ2n) is 21.1. The molecule has 1 aliphatic carbocycles. The number of methoxy groups -OCH3 is 1. The van der Waals surface area contributed by atoms with Crippen molar-refractivity contribution in [1.82, 2.24) is 40.0 Å². The molecule has 15 nitrogen and oxygen atoms in total. The average Bonchev–Trinajstić information content (AvgIpc) is 3.94. The lowest BCUT2D eigenvalue weighted by Crippen LogP contribution is -2.62. The van der Waals surface area contributed by atoms with Crippen molar-refractivity contribution in [3.05, 3.63) is 77.6 Å². The van der Waals surface area contributed by atoms with Crippen molar-refractivity contribution in [2.75, 3.05) is 54.5 Å². The van der Waals surface area contributed by atoms with Crippen LogP contribution in [-0.4, -0.2) is 137 Å². The van der Waals surface area contributed by atoms with E-state index in [1.807, 2.05) is 71.0 Å². The first-order valence-corrected chi connectivity index (χ1v) is 24.2. The quantitative estimate of drug-likeness (QED) is 0.180. The molecule has 15 heteroatoms. The van der Waals surface area contributed by atoms with Gasteiger partial charge in [-0.1, -0.05) is 63.9 Å². The molecule has 6 bridgehead atoms. The molecule has 8 rings (SSSR count). The number of aryl methyl sites for hydroxylation is 1. The third-order valence-corrected chi connectivity index (χ3v) is 15.0. The molecule has 2 N–H and O–H groups in total. The number of cyclic esters (lactones) is 1. The van der Waals surface area contributed by atoms with Gasteiger partial charge in [-0.15, -0.1) is 0 Å². The predicted octanol–water partition coefficient (Wildman–Crippen LogP) is 5.47. The predicted molar refractivity (Wildman–Crippen MR) is 264 cm³/mol. The number of fused-ring (bicyclic) bond motifs is 8. The van der Waals surface area contributed by atoms with Crippen LogP contribution in [0.5, 0.6) is 0 Å². The second-order valence-corrected chi connectivity index (χ2v) is 21.1. The van der Waals surface area contributed by atoms with Crippen LogP contribution in [0.25, 0.3) is 33.3 Å². The van der Waals surface area contributed by atoms with Crippen LogP contribution in [0.4, 0.5) is 0 Å². The maximum atomic E-state index is 14.8. The van der Waals surface area contributed by atoms with Crippen LogP contribution in [0.1, 0.15) is 89.6 Å². The molecule has 6 atom stereocenters. The third kappa shape index (κ3) is 9.51. The molecule has 69 heavy (non-hydrogen) atoms. The zero-order chi connectivity index (χ0) is 49.7. The molecule has 366 valence electrons. The summed E-state index contributed by atoms with van der Waals surface area (Å²) < 4.78 is 14.8. The van der Waals surface area contributed by atoms with Crippen LogP contribution in [0, 0.1) is 29.1 Å². The Hall–Kier alpha value is -6.08. The van der Waals surface area contributed by atoms with E-state index in [1.54, 1.807) is 25.3 Å². The highest BCUT2D eigenvalue weighted by atomic mass is 16.5. The summed E-state index contributed by atoms with van der Waals surface area (Å²) in [6, 6.07) is 15.7. The molecule has 0 saturated carbocycles. The minimum atomic E-state index is -1.06. The first-order chi connectivity index (χ1) is 32.7. The molecule has 2 aromatic heterocycles. The number of rotatable bonds is 7. The number of aromatic nitrogens is 2. The zero-order valence-electron chi connectivity index (χ0n) is 42.0. The lowest BCUT2D eigenvalue weighted by atomic mass is 9.67. The normalized spacial score (nSPS) is 22.9. The van der Waals surface area contributed by atoms with Crippen LogP contribution in [-0.2, 0) is 46.9 Å². The first kappa shape index (κ1) is 49.3. The van der Waals surface area contributed by atoms with Gasteiger partial charge < -0.3 is 29.2 Å². The van der Waals surface area contributed by atoms with Gasteiger partial charge in [0.25, 0.3) is 11.8 Å². The number of amides is 4. The maximum absolute atomic E-state index is 14.8. The van der Waals surface area contributed by atoms with Gasteiger partial charge >= 0.3 is 5.97 Å². The highest BCUT2D eigenvalue weighted by Crippen LogP contribution is 2.56. The molecule has 4 aromatic rings. The van der Waals surface area contributed by atoms with E-state index < -0.39 is 58.9 Å². The summed E-state index contributed by atoms with van der Waals surface area (Å²) >= 11 is 0. The monoisotopic (exact) mass is 941 g/mol. The fourth-order valence-corrected chi connectivity index (χ4v) is 10.7. The standard InChI is InChI=1S/C54H68N8O7/c1-32(2)46(60(10)50(65)36-22-26-61(30-36)42(63)21-23-54(5,6)58(7)8)49(64)56-40-28-33-15-12-16-34(27-33)35-19-20-41-38(29-35)43-44(48(68-11)45-37(17-13-24-55-45)47(43)59(41)9)53(3,4)31-69-52(67)39-18-14-25-62(57-39)51(40)66/h12-13,15-17,19-20,24,27,29,32,36,39-40,44,46,48,57H,14,18,22,25-26,28,30-31H2,1-11H3,(H,56,64)/t36-,39-,40-,44?,46-,48-/m0/s1. The van der Waals surface area contributed by atoms with Crippen molar-refractivity contribution in [3.8, 4) is 34.2 Å². The first-order valence-electron chi connectivity index (χ1n) is 24.2. The fourth-order valence-electron chi connectivity index (χ4n) is 10.7. The number of esters is 1. The summed E-state index contributed by atoms with van der Waals surface area (Å²) in [4.78, 5) is 80.7. The number of carbonyl (C=O) groups is 5. The highest BCUT2D eigenvalue weighted by Gasteiger charge is 2.48. The van der Waals surface area contributed by atoms with E-state index in [2.05, 4.69) is 78.4 Å². The van der Waals surface area contributed by atoms with Gasteiger partial charge in [0.2, 0.25) is 11.8 Å². The Morgan fingerprint density at radius 1 is 1.01 bits per heavy atom. The molecule has 2 fully saturated rings. The molecule has 0 spiro atoms. The van der Waals surface area contributed by atoms with E-state index in [0.29, 0.717) is 32.4 Å². The number of likely N-dealkylation sites (tertiary alicyclic amines) is 1. The number of pyridine rings is 1. The van der Waals surface area contributed by atoms with E-state index in [4.69, 9.17) is 14.5 Å². The van der Waals surface area contributed by atoms with Crippen LogP contribution < -0.4 is 10.7 Å². The lowest BCUT2D eigenvalue weighted by molar-refractivity contribution is -0.156. The minimum Gasteiger partial charge on any atom is -0.464 e. The minimum absolute atomic E-state index is 0.0716. The van der Waals surface area contributed by atoms with Gasteiger partial charge in [0.05, 0.1) is 29.5 Å². The average molecular weight is 941 g/mol. The molecular formula is C54H68N8O7. The van der Waals surface area contributed by atoms with Gasteiger partial charge in [0.1, 0.15) is 24.2 Å². The fraction of sp³-hybridized carbons (Fsp3) is 0.519. The van der Waals surface area contributed by atoms with Crippen LogP contribution in [0.3, 0.4) is 0 Å². The van der Waals surface area contributed by atoms with Crippen molar-refractivity contribution in [1.29, 1.82) is 0 Å². The van der Waals surface area contributed by atoms with Crippen LogP contribution in [0.15, 0.2) is 60.8 Å².